The van der Waals surface area contributed by atoms with Crippen molar-refractivity contribution in [3.8, 4) is 0 Å². The largest absolute Gasteiger partial charge is 0.480 e. The molecule has 0 bridgehead atoms. The monoisotopic (exact) mass is 426 g/mol. The number of aliphatic carboxylic acids is 1. The molecule has 1 atom stereocenters. The van der Waals surface area contributed by atoms with Crippen LogP contribution in [-0.2, 0) is 11.2 Å². The average molecular weight is 427 g/mol. The first-order valence-corrected chi connectivity index (χ1v) is 9.06. The molecule has 1 heterocycles. The van der Waals surface area contributed by atoms with Gasteiger partial charge in [-0.2, -0.15) is 0 Å². The lowest BCUT2D eigenvalue weighted by Gasteiger charge is -2.13. The Balaban J connectivity index is 2.02. The number of nitrogens with zero attached hydrogens (tertiary/aromatic N) is 2. The Kier molecular flexibility index (Phi) is 6.08. The lowest BCUT2D eigenvalue weighted by molar-refractivity contribution is -0.138. The first-order valence-electron chi connectivity index (χ1n) is 8.27. The topological polar surface area (TPSA) is 62.5 Å². The van der Waals surface area contributed by atoms with Crippen molar-refractivity contribution in [3.05, 3.63) is 100 Å². The molecule has 136 valence electrons. The summed E-state index contributed by atoms with van der Waals surface area (Å²) in [6, 6.07) is 20.5. The SMILES string of the molecule is O=C(O)C(Cc1ccc(F)c(Br)n1)N=C(c1ccccc1)c1ccccc1. The van der Waals surface area contributed by atoms with Gasteiger partial charge in [-0.15, -0.1) is 0 Å². The van der Waals surface area contributed by atoms with Crippen molar-refractivity contribution in [1.29, 1.82) is 0 Å². The molecule has 0 saturated heterocycles. The summed E-state index contributed by atoms with van der Waals surface area (Å²) in [4.78, 5) is 20.4. The highest BCUT2D eigenvalue weighted by Gasteiger charge is 2.20. The van der Waals surface area contributed by atoms with Crippen molar-refractivity contribution in [3.63, 3.8) is 0 Å². The van der Waals surface area contributed by atoms with Crippen LogP contribution in [0.1, 0.15) is 16.8 Å². The van der Waals surface area contributed by atoms with Crippen LogP contribution < -0.4 is 0 Å². The zero-order valence-corrected chi connectivity index (χ0v) is 15.8. The molecule has 2 aromatic carbocycles. The Morgan fingerprint density at radius 2 is 1.56 bits per heavy atom. The van der Waals surface area contributed by atoms with Crippen LogP contribution in [0.5, 0.6) is 0 Å². The fourth-order valence-electron chi connectivity index (χ4n) is 2.62. The molecule has 0 aliphatic rings. The second-order valence-corrected chi connectivity index (χ2v) is 6.59. The zero-order valence-electron chi connectivity index (χ0n) is 14.2. The van der Waals surface area contributed by atoms with Crippen LogP contribution >= 0.6 is 15.9 Å². The fraction of sp³-hybridized carbons (Fsp3) is 0.0952. The minimum absolute atomic E-state index is 0.0530. The maximum Gasteiger partial charge on any atom is 0.328 e. The standard InChI is InChI=1S/C21H16BrFN2O2/c22-20-17(23)12-11-16(24-20)13-18(21(26)27)25-19(14-7-3-1-4-8-14)15-9-5-2-6-10-15/h1-12,18H,13H2,(H,26,27). The van der Waals surface area contributed by atoms with Crippen LogP contribution in [0.3, 0.4) is 0 Å². The van der Waals surface area contributed by atoms with Crippen LogP contribution in [0.25, 0.3) is 0 Å². The van der Waals surface area contributed by atoms with Crippen molar-refractivity contribution in [2.75, 3.05) is 0 Å². The summed E-state index contributed by atoms with van der Waals surface area (Å²) < 4.78 is 13.4. The predicted molar refractivity (Wildman–Crippen MR) is 106 cm³/mol. The summed E-state index contributed by atoms with van der Waals surface area (Å²) in [7, 11) is 0. The molecule has 0 saturated carbocycles. The van der Waals surface area contributed by atoms with Gasteiger partial charge in [0.05, 0.1) is 5.71 Å². The first kappa shape index (κ1) is 18.9. The van der Waals surface area contributed by atoms with E-state index in [-0.39, 0.29) is 11.0 Å². The highest BCUT2D eigenvalue weighted by Crippen LogP contribution is 2.17. The summed E-state index contributed by atoms with van der Waals surface area (Å²) in [5, 5.41) is 9.68. The van der Waals surface area contributed by atoms with Gasteiger partial charge in [-0.1, -0.05) is 60.7 Å². The summed E-state index contributed by atoms with van der Waals surface area (Å²) >= 11 is 3.03. The Morgan fingerprint density at radius 1 is 1.00 bits per heavy atom. The number of carbonyl (C=O) groups is 1. The smallest absolute Gasteiger partial charge is 0.328 e. The third-order valence-corrected chi connectivity index (χ3v) is 4.48. The van der Waals surface area contributed by atoms with Gasteiger partial charge in [-0.05, 0) is 28.1 Å². The Morgan fingerprint density at radius 3 is 2.04 bits per heavy atom. The van der Waals surface area contributed by atoms with Crippen LogP contribution in [0.2, 0.25) is 0 Å². The number of benzene rings is 2. The number of rotatable bonds is 6. The van der Waals surface area contributed by atoms with E-state index in [4.69, 9.17) is 0 Å². The third-order valence-electron chi connectivity index (χ3n) is 3.93. The van der Waals surface area contributed by atoms with E-state index in [0.717, 1.165) is 11.1 Å². The third kappa shape index (κ3) is 4.86. The number of hydrogen-bond donors (Lipinski definition) is 1. The molecule has 3 rings (SSSR count). The fourth-order valence-corrected chi connectivity index (χ4v) is 2.98. The average Bonchev–Trinajstić information content (AvgIpc) is 2.69. The minimum atomic E-state index is -1.07. The maximum absolute atomic E-state index is 13.4. The molecule has 1 unspecified atom stereocenters. The number of hydrogen-bond acceptors (Lipinski definition) is 3. The zero-order chi connectivity index (χ0) is 19.2. The number of aliphatic imine (C=N–C) groups is 1. The predicted octanol–water partition coefficient (Wildman–Crippen LogP) is 4.52. The first-order chi connectivity index (χ1) is 13.0. The summed E-state index contributed by atoms with van der Waals surface area (Å²) in [5.74, 6) is -1.56. The summed E-state index contributed by atoms with van der Waals surface area (Å²) in [5.41, 5.74) is 2.68. The molecule has 3 aromatic rings. The van der Waals surface area contributed by atoms with Gasteiger partial charge in [0.25, 0.3) is 0 Å². The highest BCUT2D eigenvalue weighted by atomic mass is 79.9. The number of halogens is 2. The number of pyridine rings is 1. The van der Waals surface area contributed by atoms with E-state index in [2.05, 4.69) is 25.9 Å². The van der Waals surface area contributed by atoms with E-state index in [1.807, 2.05) is 60.7 Å². The molecule has 4 nitrogen and oxygen atoms in total. The lowest BCUT2D eigenvalue weighted by atomic mass is 10.0. The quantitative estimate of drug-likeness (QED) is 0.465. The van der Waals surface area contributed by atoms with E-state index in [9.17, 15) is 14.3 Å². The molecule has 0 spiro atoms. The van der Waals surface area contributed by atoms with E-state index in [1.54, 1.807) is 0 Å². The molecule has 0 aliphatic heterocycles. The molecular formula is C21H16BrFN2O2. The van der Waals surface area contributed by atoms with E-state index < -0.39 is 17.8 Å². The van der Waals surface area contributed by atoms with Crippen LogP contribution in [0.4, 0.5) is 4.39 Å². The van der Waals surface area contributed by atoms with Gasteiger partial charge in [0.2, 0.25) is 0 Å². The van der Waals surface area contributed by atoms with Crippen molar-refractivity contribution in [1.82, 2.24) is 4.98 Å². The Hall–Kier alpha value is -2.86. The minimum Gasteiger partial charge on any atom is -0.480 e. The summed E-state index contributed by atoms with van der Waals surface area (Å²) in [6.07, 6.45) is 0.0530. The molecule has 0 fully saturated rings. The van der Waals surface area contributed by atoms with Crippen LogP contribution in [-0.4, -0.2) is 27.8 Å². The maximum atomic E-state index is 13.4. The van der Waals surface area contributed by atoms with Crippen LogP contribution in [0.15, 0.2) is 82.4 Å². The van der Waals surface area contributed by atoms with Gasteiger partial charge in [0.15, 0.2) is 11.9 Å². The van der Waals surface area contributed by atoms with Crippen molar-refractivity contribution < 1.29 is 14.3 Å². The molecular weight excluding hydrogens is 411 g/mol. The molecule has 0 amide bonds. The molecule has 1 aromatic heterocycles. The van der Waals surface area contributed by atoms with Crippen molar-refractivity contribution >= 4 is 27.6 Å². The van der Waals surface area contributed by atoms with E-state index in [1.165, 1.54) is 12.1 Å². The van der Waals surface area contributed by atoms with Gasteiger partial charge >= 0.3 is 5.97 Å². The summed E-state index contributed by atoms with van der Waals surface area (Å²) in [6.45, 7) is 0. The number of aromatic nitrogens is 1. The molecule has 0 aliphatic carbocycles. The van der Waals surface area contributed by atoms with Gasteiger partial charge in [-0.3, -0.25) is 4.99 Å². The van der Waals surface area contributed by atoms with Gasteiger partial charge in [0, 0.05) is 23.2 Å². The second-order valence-electron chi connectivity index (χ2n) is 5.84. The van der Waals surface area contributed by atoms with E-state index >= 15 is 0 Å². The van der Waals surface area contributed by atoms with Crippen molar-refractivity contribution in [2.24, 2.45) is 4.99 Å². The Bertz CT molecular complexity index is 921. The van der Waals surface area contributed by atoms with Gasteiger partial charge < -0.3 is 5.11 Å². The second kappa shape index (κ2) is 8.68. The highest BCUT2D eigenvalue weighted by molar-refractivity contribution is 9.10. The van der Waals surface area contributed by atoms with Crippen molar-refractivity contribution in [2.45, 2.75) is 12.5 Å². The van der Waals surface area contributed by atoms with Crippen LogP contribution in [0, 0.1) is 5.82 Å². The molecule has 0 radical (unpaired) electrons. The number of carboxylic acid groups (broad SMARTS) is 1. The molecule has 27 heavy (non-hydrogen) atoms. The van der Waals surface area contributed by atoms with Gasteiger partial charge in [-0.25, -0.2) is 14.2 Å². The van der Waals surface area contributed by atoms with E-state index in [0.29, 0.717) is 11.4 Å². The molecule has 1 N–H and O–H groups in total. The van der Waals surface area contributed by atoms with Gasteiger partial charge in [0.1, 0.15) is 4.60 Å². The normalized spacial score (nSPS) is 11.6. The number of carboxylic acids is 1. The Labute approximate surface area is 164 Å². The lowest BCUT2D eigenvalue weighted by Crippen LogP contribution is -2.24. The molecule has 6 heteroatoms.